The number of nitrogens with zero attached hydrogens (tertiary/aromatic N) is 1. The van der Waals surface area contributed by atoms with Gasteiger partial charge >= 0.3 is 0 Å². The molecule has 5 nitrogen and oxygen atoms in total. The summed E-state index contributed by atoms with van der Waals surface area (Å²) in [5.74, 6) is -0.995. The Labute approximate surface area is 145 Å². The number of hydrogen-bond acceptors (Lipinski definition) is 3. The van der Waals surface area contributed by atoms with Crippen LogP contribution in [0.5, 0.6) is 5.75 Å². The van der Waals surface area contributed by atoms with Crippen LogP contribution in [-0.4, -0.2) is 24.0 Å². The summed E-state index contributed by atoms with van der Waals surface area (Å²) in [6, 6.07) is 13.2. The van der Waals surface area contributed by atoms with Crippen LogP contribution in [0.3, 0.4) is 0 Å². The minimum Gasteiger partial charge on any atom is -0.466 e. The van der Waals surface area contributed by atoms with Crippen LogP contribution in [0.25, 0.3) is 0 Å². The predicted octanol–water partition coefficient (Wildman–Crippen LogP) is 2.65. The monoisotopic (exact) mass is 342 g/mol. The summed E-state index contributed by atoms with van der Waals surface area (Å²) in [7, 11) is 0. The van der Waals surface area contributed by atoms with Crippen LogP contribution in [0.15, 0.2) is 48.5 Å². The smallest absolute Gasteiger partial charge is 0.280 e. The average Bonchev–Trinajstić information content (AvgIpc) is 2.62. The number of halogens is 1. The lowest BCUT2D eigenvalue weighted by Crippen LogP contribution is -2.62. The van der Waals surface area contributed by atoms with E-state index in [0.717, 1.165) is 0 Å². The van der Waals surface area contributed by atoms with Crippen molar-refractivity contribution >= 4 is 17.5 Å². The van der Waals surface area contributed by atoms with Crippen LogP contribution in [0, 0.1) is 5.82 Å². The van der Waals surface area contributed by atoms with Crippen molar-refractivity contribution in [1.82, 2.24) is 5.32 Å². The highest BCUT2D eigenvalue weighted by molar-refractivity contribution is 6.16. The number of carbonyl (C=O) groups is 2. The molecule has 0 saturated carbocycles. The maximum absolute atomic E-state index is 13.7. The van der Waals surface area contributed by atoms with Crippen molar-refractivity contribution in [2.75, 3.05) is 11.4 Å². The fourth-order valence-electron chi connectivity index (χ4n) is 2.84. The van der Waals surface area contributed by atoms with Gasteiger partial charge in [0.25, 0.3) is 17.4 Å². The van der Waals surface area contributed by atoms with Crippen molar-refractivity contribution in [3.05, 3.63) is 59.9 Å². The first-order valence-electron chi connectivity index (χ1n) is 8.09. The molecular weight excluding hydrogens is 323 g/mol. The standard InChI is InChI=1S/C19H19FN2O3/c1-3-22-15-10-6-7-11-16(15)25-19(2,18(22)24)17(23)21-12-13-8-4-5-9-14(13)20/h4-11H,3,12H2,1-2H3,(H,21,23). The Bertz CT molecular complexity index is 824. The fourth-order valence-corrected chi connectivity index (χ4v) is 2.84. The van der Waals surface area contributed by atoms with Crippen molar-refractivity contribution in [3.8, 4) is 5.75 Å². The lowest BCUT2D eigenvalue weighted by molar-refractivity contribution is -0.148. The van der Waals surface area contributed by atoms with Gasteiger partial charge in [-0.1, -0.05) is 30.3 Å². The minimum absolute atomic E-state index is 0.0223. The maximum Gasteiger partial charge on any atom is 0.280 e. The Kier molecular flexibility index (Phi) is 4.44. The molecule has 3 rings (SSSR count). The van der Waals surface area contributed by atoms with E-state index in [0.29, 0.717) is 23.5 Å². The number of anilines is 1. The number of carbonyl (C=O) groups excluding carboxylic acids is 2. The van der Waals surface area contributed by atoms with Gasteiger partial charge in [-0.3, -0.25) is 9.59 Å². The molecule has 0 aliphatic carbocycles. The molecule has 0 bridgehead atoms. The number of nitrogens with one attached hydrogen (secondary N) is 1. The molecule has 2 aromatic rings. The van der Waals surface area contributed by atoms with Crippen molar-refractivity contribution in [2.45, 2.75) is 26.0 Å². The summed E-state index contributed by atoms with van der Waals surface area (Å²) in [5, 5.41) is 2.60. The number of benzene rings is 2. The van der Waals surface area contributed by atoms with E-state index in [1.807, 2.05) is 6.92 Å². The Morgan fingerprint density at radius 3 is 2.60 bits per heavy atom. The van der Waals surface area contributed by atoms with E-state index in [2.05, 4.69) is 5.32 Å². The molecule has 0 saturated heterocycles. The number of fused-ring (bicyclic) bond motifs is 1. The summed E-state index contributed by atoms with van der Waals surface area (Å²) in [6.07, 6.45) is 0. The fraction of sp³-hybridized carbons (Fsp3) is 0.263. The van der Waals surface area contributed by atoms with Crippen LogP contribution < -0.4 is 15.0 Å². The second kappa shape index (κ2) is 6.55. The minimum atomic E-state index is -1.70. The van der Waals surface area contributed by atoms with E-state index in [-0.39, 0.29) is 6.54 Å². The average molecular weight is 342 g/mol. The quantitative estimate of drug-likeness (QED) is 0.869. The Balaban J connectivity index is 1.84. The summed E-state index contributed by atoms with van der Waals surface area (Å²) in [5.41, 5.74) is -0.722. The molecule has 1 aliphatic rings. The molecule has 25 heavy (non-hydrogen) atoms. The van der Waals surface area contributed by atoms with E-state index in [1.165, 1.54) is 17.9 Å². The Morgan fingerprint density at radius 1 is 1.20 bits per heavy atom. The van der Waals surface area contributed by atoms with Gasteiger partial charge in [-0.25, -0.2) is 4.39 Å². The van der Waals surface area contributed by atoms with Crippen molar-refractivity contribution in [2.24, 2.45) is 0 Å². The van der Waals surface area contributed by atoms with Crippen LogP contribution in [0.4, 0.5) is 10.1 Å². The largest absolute Gasteiger partial charge is 0.466 e. The van der Waals surface area contributed by atoms with Crippen LogP contribution in [0.1, 0.15) is 19.4 Å². The number of hydrogen-bond donors (Lipinski definition) is 1. The lowest BCUT2D eigenvalue weighted by atomic mass is 9.99. The first-order chi connectivity index (χ1) is 12.0. The Hall–Kier alpha value is -2.89. The number of likely N-dealkylation sites (N-methyl/N-ethyl adjacent to an activating group) is 1. The van der Waals surface area contributed by atoms with Gasteiger partial charge < -0.3 is 15.0 Å². The van der Waals surface area contributed by atoms with Gasteiger partial charge in [-0.05, 0) is 32.0 Å². The van der Waals surface area contributed by atoms with E-state index < -0.39 is 23.2 Å². The van der Waals surface area contributed by atoms with Crippen LogP contribution in [0.2, 0.25) is 0 Å². The summed E-state index contributed by atoms with van der Waals surface area (Å²) < 4.78 is 19.5. The molecule has 130 valence electrons. The zero-order chi connectivity index (χ0) is 18.0. The summed E-state index contributed by atoms with van der Waals surface area (Å²) in [4.78, 5) is 27.0. The highest BCUT2D eigenvalue weighted by atomic mass is 19.1. The Morgan fingerprint density at radius 2 is 1.88 bits per heavy atom. The van der Waals surface area contributed by atoms with Gasteiger partial charge in [0, 0.05) is 18.7 Å². The molecule has 0 radical (unpaired) electrons. The molecule has 0 aromatic heterocycles. The van der Waals surface area contributed by atoms with Crippen molar-refractivity contribution < 1.29 is 18.7 Å². The third kappa shape index (κ3) is 2.95. The molecule has 2 amide bonds. The molecule has 0 fully saturated rings. The SMILES string of the molecule is CCN1C(=O)C(C)(C(=O)NCc2ccccc2F)Oc2ccccc21. The van der Waals surface area contributed by atoms with Gasteiger partial charge in [-0.15, -0.1) is 0 Å². The normalized spacial score (nSPS) is 19.2. The topological polar surface area (TPSA) is 58.6 Å². The van der Waals surface area contributed by atoms with Crippen LogP contribution >= 0.6 is 0 Å². The predicted molar refractivity (Wildman–Crippen MR) is 91.7 cm³/mol. The van der Waals surface area contributed by atoms with E-state index in [4.69, 9.17) is 4.74 Å². The number of ether oxygens (including phenoxy) is 1. The highest BCUT2D eigenvalue weighted by Crippen LogP contribution is 2.37. The van der Waals surface area contributed by atoms with E-state index in [1.54, 1.807) is 42.5 Å². The van der Waals surface area contributed by atoms with Gasteiger partial charge in [0.1, 0.15) is 11.6 Å². The summed E-state index contributed by atoms with van der Waals surface area (Å²) in [6.45, 7) is 3.66. The molecule has 0 spiro atoms. The molecule has 1 aliphatic heterocycles. The molecule has 1 N–H and O–H groups in total. The van der Waals surface area contributed by atoms with E-state index in [9.17, 15) is 14.0 Å². The van der Waals surface area contributed by atoms with E-state index >= 15 is 0 Å². The second-order valence-electron chi connectivity index (χ2n) is 5.93. The van der Waals surface area contributed by atoms with Crippen molar-refractivity contribution in [1.29, 1.82) is 0 Å². The third-order valence-electron chi connectivity index (χ3n) is 4.27. The molecule has 6 heteroatoms. The molecule has 2 aromatic carbocycles. The second-order valence-corrected chi connectivity index (χ2v) is 5.93. The van der Waals surface area contributed by atoms with Gasteiger partial charge in [0.05, 0.1) is 5.69 Å². The highest BCUT2D eigenvalue weighted by Gasteiger charge is 2.50. The molecule has 1 heterocycles. The molecule has 1 unspecified atom stereocenters. The molecular formula is C19H19FN2O3. The van der Waals surface area contributed by atoms with Gasteiger partial charge in [0.15, 0.2) is 0 Å². The van der Waals surface area contributed by atoms with Crippen molar-refractivity contribution in [3.63, 3.8) is 0 Å². The lowest BCUT2D eigenvalue weighted by Gasteiger charge is -2.39. The number of rotatable bonds is 4. The van der Waals surface area contributed by atoms with Gasteiger partial charge in [0.2, 0.25) is 0 Å². The number of para-hydroxylation sites is 2. The number of amides is 2. The third-order valence-corrected chi connectivity index (χ3v) is 4.27. The first kappa shape index (κ1) is 17.0. The molecule has 1 atom stereocenters. The maximum atomic E-state index is 13.7. The van der Waals surface area contributed by atoms with Gasteiger partial charge in [-0.2, -0.15) is 0 Å². The summed E-state index contributed by atoms with van der Waals surface area (Å²) >= 11 is 0. The van der Waals surface area contributed by atoms with Crippen LogP contribution in [-0.2, 0) is 16.1 Å². The zero-order valence-electron chi connectivity index (χ0n) is 14.1. The zero-order valence-corrected chi connectivity index (χ0v) is 14.1. The first-order valence-corrected chi connectivity index (χ1v) is 8.09.